The van der Waals surface area contributed by atoms with Crippen LogP contribution in [0.5, 0.6) is 0 Å². The molecule has 1 heterocycles. The minimum Gasteiger partial charge on any atom is -0.391 e. The molecule has 3 atom stereocenters. The molecule has 0 saturated heterocycles. The highest BCUT2D eigenvalue weighted by atomic mass is 32.2. The van der Waals surface area contributed by atoms with E-state index in [-0.39, 0.29) is 12.5 Å². The van der Waals surface area contributed by atoms with Crippen molar-refractivity contribution < 1.29 is 13.5 Å². The zero-order chi connectivity index (χ0) is 12.3. The van der Waals surface area contributed by atoms with E-state index < -0.39 is 21.2 Å². The van der Waals surface area contributed by atoms with Crippen LogP contribution in [0.25, 0.3) is 0 Å². The molecule has 0 bridgehead atoms. The zero-order valence-electron chi connectivity index (χ0n) is 9.33. The van der Waals surface area contributed by atoms with Crippen molar-refractivity contribution in [3.63, 3.8) is 0 Å². The summed E-state index contributed by atoms with van der Waals surface area (Å²) in [7, 11) is -3.25. The largest absolute Gasteiger partial charge is 0.391 e. The minimum atomic E-state index is -3.25. The van der Waals surface area contributed by atoms with Gasteiger partial charge in [-0.15, -0.1) is 11.3 Å². The first-order chi connectivity index (χ1) is 7.38. The van der Waals surface area contributed by atoms with Crippen LogP contribution in [0.2, 0.25) is 0 Å². The molecule has 1 aromatic rings. The van der Waals surface area contributed by atoms with Crippen molar-refractivity contribution in [2.45, 2.75) is 24.2 Å². The molecule has 0 saturated carbocycles. The quantitative estimate of drug-likeness (QED) is 0.814. The van der Waals surface area contributed by atoms with E-state index in [1.165, 1.54) is 18.3 Å². The monoisotopic (exact) mass is 263 g/mol. The highest BCUT2D eigenvalue weighted by Gasteiger charge is 2.31. The fourth-order valence-corrected chi connectivity index (χ4v) is 3.08. The molecule has 0 aliphatic carbocycles. The Bertz CT molecular complexity index is 413. The number of nitrogens with two attached hydrogens (primary N) is 1. The number of thiophene rings is 1. The van der Waals surface area contributed by atoms with Gasteiger partial charge in [-0.2, -0.15) is 0 Å². The van der Waals surface area contributed by atoms with E-state index in [9.17, 15) is 13.5 Å². The molecule has 1 aromatic heterocycles. The van der Waals surface area contributed by atoms with Gasteiger partial charge in [0.2, 0.25) is 0 Å². The van der Waals surface area contributed by atoms with E-state index in [1.807, 2.05) is 17.5 Å². The summed E-state index contributed by atoms with van der Waals surface area (Å²) in [5, 5.41) is 11.1. The van der Waals surface area contributed by atoms with E-state index in [0.717, 1.165) is 11.1 Å². The maximum atomic E-state index is 11.4. The van der Waals surface area contributed by atoms with Crippen LogP contribution < -0.4 is 5.73 Å². The van der Waals surface area contributed by atoms with Crippen molar-refractivity contribution in [3.8, 4) is 0 Å². The summed E-state index contributed by atoms with van der Waals surface area (Å²) >= 11 is 1.48. The molecule has 6 heteroatoms. The van der Waals surface area contributed by atoms with Crippen LogP contribution in [-0.2, 0) is 9.84 Å². The summed E-state index contributed by atoms with van der Waals surface area (Å²) < 4.78 is 22.7. The fourth-order valence-electron chi connectivity index (χ4n) is 1.51. The van der Waals surface area contributed by atoms with E-state index in [2.05, 4.69) is 0 Å². The van der Waals surface area contributed by atoms with Crippen LogP contribution in [-0.4, -0.2) is 37.7 Å². The highest BCUT2D eigenvalue weighted by molar-refractivity contribution is 7.91. The van der Waals surface area contributed by atoms with Crippen molar-refractivity contribution >= 4 is 21.2 Å². The molecule has 92 valence electrons. The van der Waals surface area contributed by atoms with Crippen LogP contribution in [0.15, 0.2) is 17.5 Å². The van der Waals surface area contributed by atoms with Crippen molar-refractivity contribution in [2.24, 2.45) is 5.73 Å². The Hall–Kier alpha value is -0.430. The van der Waals surface area contributed by atoms with Gasteiger partial charge in [-0.3, -0.25) is 0 Å². The second-order valence-corrected chi connectivity index (χ2v) is 7.26. The van der Waals surface area contributed by atoms with E-state index >= 15 is 0 Å². The third-order valence-electron chi connectivity index (χ3n) is 2.73. The smallest absolute Gasteiger partial charge is 0.152 e. The maximum Gasteiger partial charge on any atom is 0.152 e. The fraction of sp³-hybridized carbons (Fsp3) is 0.600. The van der Waals surface area contributed by atoms with Gasteiger partial charge in [0.05, 0.1) is 11.4 Å². The van der Waals surface area contributed by atoms with Crippen molar-refractivity contribution in [1.29, 1.82) is 0 Å². The number of rotatable bonds is 5. The van der Waals surface area contributed by atoms with Gasteiger partial charge in [0, 0.05) is 23.6 Å². The van der Waals surface area contributed by atoms with Crippen LogP contribution in [0, 0.1) is 0 Å². The summed E-state index contributed by atoms with van der Waals surface area (Å²) in [6, 6.07) is 3.72. The summed E-state index contributed by atoms with van der Waals surface area (Å²) in [5.41, 5.74) is 5.60. The second kappa shape index (κ2) is 5.27. The summed E-state index contributed by atoms with van der Waals surface area (Å²) in [4.78, 5) is 0.922. The third-order valence-corrected chi connectivity index (χ3v) is 5.36. The number of hydrogen-bond donors (Lipinski definition) is 2. The molecule has 0 aromatic carbocycles. The number of sulfone groups is 1. The molecule has 3 unspecified atom stereocenters. The summed E-state index contributed by atoms with van der Waals surface area (Å²) in [5.74, 6) is -0.315. The van der Waals surface area contributed by atoms with Gasteiger partial charge >= 0.3 is 0 Å². The molecule has 0 fully saturated rings. The number of hydrogen-bond acceptors (Lipinski definition) is 5. The van der Waals surface area contributed by atoms with Crippen LogP contribution in [0.3, 0.4) is 0 Å². The molecular weight excluding hydrogens is 246 g/mol. The normalized spacial score (nSPS) is 18.0. The molecular formula is C10H17NO3S2. The lowest BCUT2D eigenvalue weighted by Crippen LogP contribution is -2.38. The highest BCUT2D eigenvalue weighted by Crippen LogP contribution is 2.26. The Morgan fingerprint density at radius 3 is 2.56 bits per heavy atom. The Labute approximate surface area is 100 Å². The van der Waals surface area contributed by atoms with Gasteiger partial charge in [0.15, 0.2) is 9.84 Å². The van der Waals surface area contributed by atoms with Crippen molar-refractivity contribution in [2.75, 3.05) is 12.8 Å². The van der Waals surface area contributed by atoms with Crippen molar-refractivity contribution in [1.82, 2.24) is 0 Å². The topological polar surface area (TPSA) is 80.4 Å². The van der Waals surface area contributed by atoms with Gasteiger partial charge in [-0.05, 0) is 18.4 Å². The molecule has 3 N–H and O–H groups in total. The number of aliphatic hydroxyl groups is 1. The van der Waals surface area contributed by atoms with Crippen molar-refractivity contribution in [3.05, 3.63) is 22.4 Å². The van der Waals surface area contributed by atoms with Gasteiger partial charge in [-0.1, -0.05) is 6.07 Å². The second-order valence-electron chi connectivity index (χ2n) is 3.88. The molecule has 0 amide bonds. The molecule has 0 spiro atoms. The van der Waals surface area contributed by atoms with E-state index in [1.54, 1.807) is 0 Å². The van der Waals surface area contributed by atoms with E-state index in [0.29, 0.717) is 0 Å². The van der Waals surface area contributed by atoms with Crippen LogP contribution >= 0.6 is 11.3 Å². The van der Waals surface area contributed by atoms with Crippen LogP contribution in [0.4, 0.5) is 0 Å². The first-order valence-corrected chi connectivity index (χ1v) is 7.81. The maximum absolute atomic E-state index is 11.4. The Morgan fingerprint density at radius 1 is 1.56 bits per heavy atom. The lowest BCUT2D eigenvalue weighted by atomic mass is 9.98. The predicted octanol–water partition coefficient (Wildman–Crippen LogP) is 0.584. The first kappa shape index (κ1) is 13.6. The molecule has 0 radical (unpaired) electrons. The minimum absolute atomic E-state index is 0.238. The van der Waals surface area contributed by atoms with Gasteiger partial charge in [-0.25, -0.2) is 8.42 Å². The zero-order valence-corrected chi connectivity index (χ0v) is 11.0. The summed E-state index contributed by atoms with van der Waals surface area (Å²) in [6.45, 7) is 1.75. The Kier molecular flexibility index (Phi) is 4.49. The summed E-state index contributed by atoms with van der Waals surface area (Å²) in [6.07, 6.45) is 0.168. The standard InChI is InChI=1S/C10H17NO3S2/c1-7(16(2,13)14)10(12)8(6-11)9-4-3-5-15-9/h3-5,7-8,10,12H,6,11H2,1-2H3. The molecule has 4 nitrogen and oxygen atoms in total. The average molecular weight is 263 g/mol. The lowest BCUT2D eigenvalue weighted by Gasteiger charge is -2.24. The first-order valence-electron chi connectivity index (χ1n) is 4.98. The Morgan fingerprint density at radius 2 is 2.19 bits per heavy atom. The van der Waals surface area contributed by atoms with E-state index in [4.69, 9.17) is 5.73 Å². The lowest BCUT2D eigenvalue weighted by molar-refractivity contribution is 0.145. The van der Waals surface area contributed by atoms with Crippen LogP contribution in [0.1, 0.15) is 17.7 Å². The van der Waals surface area contributed by atoms with Gasteiger partial charge in [0.25, 0.3) is 0 Å². The van der Waals surface area contributed by atoms with Gasteiger partial charge in [0.1, 0.15) is 0 Å². The molecule has 0 aliphatic heterocycles. The SMILES string of the molecule is CC(C(O)C(CN)c1cccs1)S(C)(=O)=O. The third kappa shape index (κ3) is 3.04. The Balaban J connectivity index is 2.90. The average Bonchev–Trinajstić information content (AvgIpc) is 2.69. The molecule has 16 heavy (non-hydrogen) atoms. The number of aliphatic hydroxyl groups excluding tert-OH is 1. The molecule has 0 aliphatic rings. The van der Waals surface area contributed by atoms with Gasteiger partial charge < -0.3 is 10.8 Å². The predicted molar refractivity (Wildman–Crippen MR) is 66.4 cm³/mol. The molecule has 1 rings (SSSR count).